The number of pyridine rings is 1. The Morgan fingerprint density at radius 1 is 1.19 bits per heavy atom. The molecule has 3 heterocycles. The van der Waals surface area contributed by atoms with Crippen LogP contribution in [0.5, 0.6) is 0 Å². The summed E-state index contributed by atoms with van der Waals surface area (Å²) in [4.78, 5) is 17.0. The van der Waals surface area contributed by atoms with Gasteiger partial charge in [-0.25, -0.2) is 9.67 Å². The number of hydrogen-bond acceptors (Lipinski definition) is 5. The van der Waals surface area contributed by atoms with Gasteiger partial charge in [-0.2, -0.15) is 10.2 Å². The van der Waals surface area contributed by atoms with Crippen molar-refractivity contribution >= 4 is 18.0 Å². The van der Waals surface area contributed by atoms with Crippen molar-refractivity contribution in [3.8, 4) is 28.3 Å². The van der Waals surface area contributed by atoms with E-state index in [1.807, 2.05) is 49.5 Å². The van der Waals surface area contributed by atoms with Crippen molar-refractivity contribution in [2.45, 2.75) is 6.92 Å². The first-order valence-corrected chi connectivity index (χ1v) is 8.30. The highest BCUT2D eigenvalue weighted by atomic mass is 35.5. The summed E-state index contributed by atoms with van der Waals surface area (Å²) in [6, 6.07) is 11.5. The van der Waals surface area contributed by atoms with Crippen LogP contribution in [0.2, 0.25) is 5.02 Å². The third kappa shape index (κ3) is 4.01. The maximum absolute atomic E-state index is 8.58. The second-order valence-electron chi connectivity index (χ2n) is 5.44. The SMILES string of the molecule is Cc1cc(-n2cc(-c3ccccc3Cl)c(-c3ncn[nH]3)n2)ccn1.NC=O. The number of amides is 1. The van der Waals surface area contributed by atoms with E-state index in [1.54, 1.807) is 10.9 Å². The van der Waals surface area contributed by atoms with Crippen LogP contribution >= 0.6 is 11.6 Å². The number of benzene rings is 1. The lowest BCUT2D eigenvalue weighted by Crippen LogP contribution is -1.96. The van der Waals surface area contributed by atoms with Crippen molar-refractivity contribution in [2.75, 3.05) is 0 Å². The van der Waals surface area contributed by atoms with E-state index < -0.39 is 0 Å². The number of aromatic nitrogens is 6. The van der Waals surface area contributed by atoms with Gasteiger partial charge in [-0.3, -0.25) is 14.9 Å². The molecule has 0 radical (unpaired) electrons. The molecule has 0 aliphatic heterocycles. The number of carbonyl (C=O) groups is 1. The topological polar surface area (TPSA) is 115 Å². The van der Waals surface area contributed by atoms with Crippen molar-refractivity contribution in [1.82, 2.24) is 29.9 Å². The van der Waals surface area contributed by atoms with Crippen LogP contribution in [-0.2, 0) is 4.79 Å². The summed E-state index contributed by atoms with van der Waals surface area (Å²) < 4.78 is 1.80. The molecule has 9 heteroatoms. The summed E-state index contributed by atoms with van der Waals surface area (Å²) >= 11 is 6.38. The Labute approximate surface area is 160 Å². The average Bonchev–Trinajstić information content (AvgIpc) is 3.32. The molecule has 136 valence electrons. The molecule has 0 saturated carbocycles. The molecule has 1 amide bonds. The first-order chi connectivity index (χ1) is 13.1. The number of primary amides is 1. The van der Waals surface area contributed by atoms with E-state index in [9.17, 15) is 0 Å². The highest BCUT2D eigenvalue weighted by Gasteiger charge is 2.18. The Hall–Kier alpha value is -3.52. The molecule has 27 heavy (non-hydrogen) atoms. The van der Waals surface area contributed by atoms with Crippen molar-refractivity contribution in [2.24, 2.45) is 5.73 Å². The highest BCUT2D eigenvalue weighted by Crippen LogP contribution is 2.34. The van der Waals surface area contributed by atoms with Crippen LogP contribution in [0, 0.1) is 6.92 Å². The van der Waals surface area contributed by atoms with Crippen LogP contribution in [0.3, 0.4) is 0 Å². The molecule has 0 fully saturated rings. The number of aryl methyl sites for hydroxylation is 1. The minimum Gasteiger partial charge on any atom is -0.372 e. The lowest BCUT2D eigenvalue weighted by atomic mass is 10.1. The van der Waals surface area contributed by atoms with Crippen molar-refractivity contribution in [1.29, 1.82) is 0 Å². The van der Waals surface area contributed by atoms with Gasteiger partial charge in [0.1, 0.15) is 12.0 Å². The lowest BCUT2D eigenvalue weighted by molar-refractivity contribution is -0.106. The zero-order valence-corrected chi connectivity index (χ0v) is 15.1. The molecule has 0 bridgehead atoms. The molecule has 0 aliphatic rings. The molecule has 8 nitrogen and oxygen atoms in total. The van der Waals surface area contributed by atoms with E-state index in [0.717, 1.165) is 22.5 Å². The molecule has 0 unspecified atom stereocenters. The Morgan fingerprint density at radius 2 is 1.96 bits per heavy atom. The summed E-state index contributed by atoms with van der Waals surface area (Å²) in [6.45, 7) is 1.94. The number of nitrogens with one attached hydrogen (secondary N) is 1. The fourth-order valence-electron chi connectivity index (χ4n) is 2.55. The average molecular weight is 382 g/mol. The Morgan fingerprint density at radius 3 is 2.63 bits per heavy atom. The Bertz CT molecular complexity index is 1040. The second-order valence-corrected chi connectivity index (χ2v) is 5.85. The van der Waals surface area contributed by atoms with Gasteiger partial charge in [-0.15, -0.1) is 0 Å². The maximum atomic E-state index is 8.58. The Balaban J connectivity index is 0.000000659. The minimum atomic E-state index is 0.250. The van der Waals surface area contributed by atoms with E-state index >= 15 is 0 Å². The van der Waals surface area contributed by atoms with E-state index in [2.05, 4.69) is 31.0 Å². The van der Waals surface area contributed by atoms with Crippen LogP contribution in [0.25, 0.3) is 28.3 Å². The number of hydrogen-bond donors (Lipinski definition) is 2. The summed E-state index contributed by atoms with van der Waals surface area (Å²) in [7, 11) is 0. The molecule has 1 aromatic carbocycles. The fourth-order valence-corrected chi connectivity index (χ4v) is 2.79. The van der Waals surface area contributed by atoms with Gasteiger partial charge in [-0.1, -0.05) is 29.8 Å². The first kappa shape index (κ1) is 18.3. The van der Waals surface area contributed by atoms with E-state index in [1.165, 1.54) is 6.33 Å². The Kier molecular flexibility index (Phi) is 5.58. The van der Waals surface area contributed by atoms with Gasteiger partial charge in [0, 0.05) is 34.2 Å². The maximum Gasteiger partial charge on any atom is 0.204 e. The number of nitrogens with zero attached hydrogens (tertiary/aromatic N) is 5. The molecule has 0 spiro atoms. The summed E-state index contributed by atoms with van der Waals surface area (Å²) in [5, 5.41) is 12.1. The fraction of sp³-hybridized carbons (Fsp3) is 0.0556. The van der Waals surface area contributed by atoms with Gasteiger partial charge in [0.2, 0.25) is 6.41 Å². The molecule has 4 rings (SSSR count). The molecule has 0 saturated heterocycles. The van der Waals surface area contributed by atoms with Crippen molar-refractivity contribution in [3.63, 3.8) is 0 Å². The van der Waals surface area contributed by atoms with E-state index in [0.29, 0.717) is 16.5 Å². The number of aromatic amines is 1. The van der Waals surface area contributed by atoms with E-state index in [4.69, 9.17) is 16.4 Å². The quantitative estimate of drug-likeness (QED) is 0.529. The second kappa shape index (κ2) is 8.24. The minimum absolute atomic E-state index is 0.250. The van der Waals surface area contributed by atoms with Crippen molar-refractivity contribution < 1.29 is 4.79 Å². The molecule has 4 aromatic rings. The van der Waals surface area contributed by atoms with Crippen LogP contribution in [0.15, 0.2) is 55.1 Å². The third-order valence-corrected chi connectivity index (χ3v) is 3.99. The van der Waals surface area contributed by atoms with Gasteiger partial charge in [-0.05, 0) is 25.1 Å². The molecule has 0 aliphatic carbocycles. The lowest BCUT2D eigenvalue weighted by Gasteiger charge is -2.02. The number of H-pyrrole nitrogens is 1. The van der Waals surface area contributed by atoms with E-state index in [-0.39, 0.29) is 6.41 Å². The third-order valence-electron chi connectivity index (χ3n) is 3.66. The van der Waals surface area contributed by atoms with Gasteiger partial charge in [0.25, 0.3) is 0 Å². The zero-order chi connectivity index (χ0) is 19.2. The molecule has 0 atom stereocenters. The molecule has 3 N–H and O–H groups in total. The van der Waals surface area contributed by atoms with Gasteiger partial charge >= 0.3 is 0 Å². The van der Waals surface area contributed by atoms with Gasteiger partial charge in [0.15, 0.2) is 5.82 Å². The summed E-state index contributed by atoms with van der Waals surface area (Å²) in [6.07, 6.45) is 5.41. The van der Waals surface area contributed by atoms with Crippen LogP contribution in [-0.4, -0.2) is 36.4 Å². The smallest absolute Gasteiger partial charge is 0.204 e. The molecule has 3 aromatic heterocycles. The van der Waals surface area contributed by atoms with Gasteiger partial charge in [0.05, 0.1) is 5.69 Å². The van der Waals surface area contributed by atoms with Crippen LogP contribution in [0.1, 0.15) is 5.69 Å². The molecular formula is C18H16ClN7O. The summed E-state index contributed by atoms with van der Waals surface area (Å²) in [5.74, 6) is 0.592. The zero-order valence-electron chi connectivity index (χ0n) is 14.4. The molecular weight excluding hydrogens is 366 g/mol. The summed E-state index contributed by atoms with van der Waals surface area (Å²) in [5.41, 5.74) is 8.47. The number of nitrogens with two attached hydrogens (primary N) is 1. The largest absolute Gasteiger partial charge is 0.372 e. The van der Waals surface area contributed by atoms with Crippen molar-refractivity contribution in [3.05, 3.63) is 65.8 Å². The monoisotopic (exact) mass is 381 g/mol. The van der Waals surface area contributed by atoms with Gasteiger partial charge < -0.3 is 5.73 Å². The van der Waals surface area contributed by atoms with Crippen LogP contribution < -0.4 is 5.73 Å². The number of carbonyl (C=O) groups excluding carboxylic acids is 1. The first-order valence-electron chi connectivity index (χ1n) is 7.92. The van der Waals surface area contributed by atoms with Crippen LogP contribution in [0.4, 0.5) is 0 Å². The normalized spacial score (nSPS) is 10.1. The number of halogens is 1. The predicted octanol–water partition coefficient (Wildman–Crippen LogP) is 2.78. The standard InChI is InChI=1S/C17H13ClN6.CH3NO/c1-11-8-12(6-7-19-11)24-9-14(13-4-2-3-5-15(13)18)16(23-24)17-20-10-21-22-17;2-1-3/h2-10H,1H3,(H,20,21,22);1H,(H2,2,3). The number of rotatable bonds is 3. The predicted molar refractivity (Wildman–Crippen MR) is 102 cm³/mol. The highest BCUT2D eigenvalue weighted by molar-refractivity contribution is 6.33.